The lowest BCUT2D eigenvalue weighted by molar-refractivity contribution is 0.0537. The molecule has 1 unspecified atom stereocenters. The maximum atomic E-state index is 13.4. The molecule has 3 rings (SSSR count). The average molecular weight is 357 g/mol. The fourth-order valence-electron chi connectivity index (χ4n) is 3.09. The number of aryl methyl sites for hydroxylation is 1. The lowest BCUT2D eigenvalue weighted by Crippen LogP contribution is -2.53. The SMILES string of the molecule is Cc1c(C(=O)N2CCC(N)C(C)(C)C2)sc2ccc(F)cc12.Cl. The van der Waals surface area contributed by atoms with E-state index in [1.54, 1.807) is 6.07 Å². The zero-order valence-electron chi connectivity index (χ0n) is 13.6. The second-order valence-corrected chi connectivity index (χ2v) is 7.86. The monoisotopic (exact) mass is 356 g/mol. The molecule has 1 atom stereocenters. The van der Waals surface area contributed by atoms with E-state index in [1.807, 2.05) is 11.8 Å². The topological polar surface area (TPSA) is 46.3 Å². The highest BCUT2D eigenvalue weighted by Crippen LogP contribution is 2.34. The van der Waals surface area contributed by atoms with Crippen molar-refractivity contribution in [2.45, 2.75) is 33.2 Å². The van der Waals surface area contributed by atoms with E-state index in [0.29, 0.717) is 18.0 Å². The number of carbonyl (C=O) groups is 1. The molecule has 1 fully saturated rings. The number of benzene rings is 1. The van der Waals surface area contributed by atoms with Crippen LogP contribution < -0.4 is 5.73 Å². The molecule has 2 heterocycles. The Morgan fingerprint density at radius 1 is 1.43 bits per heavy atom. The van der Waals surface area contributed by atoms with Crippen molar-refractivity contribution < 1.29 is 9.18 Å². The van der Waals surface area contributed by atoms with Crippen LogP contribution in [0, 0.1) is 18.2 Å². The van der Waals surface area contributed by atoms with Crippen molar-refractivity contribution in [1.29, 1.82) is 0 Å². The number of fused-ring (bicyclic) bond motifs is 1. The maximum absolute atomic E-state index is 13.4. The molecule has 0 radical (unpaired) electrons. The third-order valence-corrected chi connectivity index (χ3v) is 5.95. The molecule has 0 spiro atoms. The number of amides is 1. The van der Waals surface area contributed by atoms with Crippen LogP contribution in [0.1, 0.15) is 35.5 Å². The van der Waals surface area contributed by atoms with Crippen LogP contribution in [0.4, 0.5) is 4.39 Å². The molecular formula is C17H22ClFN2OS. The van der Waals surface area contributed by atoms with Gasteiger partial charge < -0.3 is 10.6 Å². The first-order chi connectivity index (χ1) is 10.3. The fraction of sp³-hybridized carbons (Fsp3) is 0.471. The third-order valence-electron chi connectivity index (χ3n) is 4.69. The molecule has 0 saturated carbocycles. The number of nitrogens with two attached hydrogens (primary N) is 1. The maximum Gasteiger partial charge on any atom is 0.264 e. The first-order valence-corrected chi connectivity index (χ1v) is 8.35. The lowest BCUT2D eigenvalue weighted by atomic mass is 9.79. The van der Waals surface area contributed by atoms with E-state index in [2.05, 4.69) is 13.8 Å². The molecule has 0 aliphatic carbocycles. The van der Waals surface area contributed by atoms with Crippen LogP contribution in [0.2, 0.25) is 0 Å². The molecule has 126 valence electrons. The van der Waals surface area contributed by atoms with Gasteiger partial charge in [-0.05, 0) is 47.9 Å². The van der Waals surface area contributed by atoms with Gasteiger partial charge in [0, 0.05) is 23.8 Å². The Bertz CT molecular complexity index is 744. The molecule has 1 aliphatic rings. The van der Waals surface area contributed by atoms with Crippen molar-refractivity contribution in [3.05, 3.63) is 34.5 Å². The summed E-state index contributed by atoms with van der Waals surface area (Å²) in [6.45, 7) is 7.45. The number of rotatable bonds is 1. The number of halogens is 2. The molecule has 2 aromatic rings. The van der Waals surface area contributed by atoms with E-state index in [1.165, 1.54) is 23.5 Å². The molecule has 2 N–H and O–H groups in total. The van der Waals surface area contributed by atoms with Crippen molar-refractivity contribution in [1.82, 2.24) is 4.90 Å². The van der Waals surface area contributed by atoms with Gasteiger partial charge in [0.1, 0.15) is 5.82 Å². The van der Waals surface area contributed by atoms with Crippen LogP contribution in [0.25, 0.3) is 10.1 Å². The summed E-state index contributed by atoms with van der Waals surface area (Å²) in [5.74, 6) is -0.225. The van der Waals surface area contributed by atoms with Crippen molar-refractivity contribution in [2.75, 3.05) is 13.1 Å². The normalized spacial score (nSPS) is 20.4. The zero-order chi connectivity index (χ0) is 16.1. The summed E-state index contributed by atoms with van der Waals surface area (Å²) in [4.78, 5) is 15.5. The Morgan fingerprint density at radius 2 is 2.13 bits per heavy atom. The summed E-state index contributed by atoms with van der Waals surface area (Å²) in [6, 6.07) is 4.81. The minimum atomic E-state index is -0.266. The minimum Gasteiger partial charge on any atom is -0.337 e. The molecule has 1 aromatic carbocycles. The highest BCUT2D eigenvalue weighted by molar-refractivity contribution is 7.21. The van der Waals surface area contributed by atoms with Gasteiger partial charge in [0.05, 0.1) is 4.88 Å². The van der Waals surface area contributed by atoms with Crippen LogP contribution in [0.5, 0.6) is 0 Å². The molecule has 3 nitrogen and oxygen atoms in total. The van der Waals surface area contributed by atoms with E-state index < -0.39 is 0 Å². The van der Waals surface area contributed by atoms with Crippen LogP contribution in [0.15, 0.2) is 18.2 Å². The van der Waals surface area contributed by atoms with Gasteiger partial charge in [0.15, 0.2) is 0 Å². The summed E-state index contributed by atoms with van der Waals surface area (Å²) >= 11 is 1.45. The van der Waals surface area contributed by atoms with Gasteiger partial charge in [0.2, 0.25) is 0 Å². The van der Waals surface area contributed by atoms with E-state index in [-0.39, 0.29) is 35.6 Å². The van der Waals surface area contributed by atoms with Crippen LogP contribution >= 0.6 is 23.7 Å². The Labute approximate surface area is 146 Å². The number of likely N-dealkylation sites (tertiary alicyclic amines) is 1. The Hall–Kier alpha value is -1.17. The van der Waals surface area contributed by atoms with E-state index in [4.69, 9.17) is 5.73 Å². The molecule has 1 amide bonds. The van der Waals surface area contributed by atoms with Gasteiger partial charge in [-0.1, -0.05) is 13.8 Å². The second-order valence-electron chi connectivity index (χ2n) is 6.81. The molecule has 1 aliphatic heterocycles. The van der Waals surface area contributed by atoms with Gasteiger partial charge >= 0.3 is 0 Å². The minimum absolute atomic E-state index is 0. The summed E-state index contributed by atoms with van der Waals surface area (Å²) in [5.41, 5.74) is 6.94. The number of hydrogen-bond acceptors (Lipinski definition) is 3. The third kappa shape index (κ3) is 3.23. The quantitative estimate of drug-likeness (QED) is 0.840. The Kier molecular flexibility index (Phi) is 5.04. The van der Waals surface area contributed by atoms with Crippen LogP contribution in [0.3, 0.4) is 0 Å². The van der Waals surface area contributed by atoms with E-state index >= 15 is 0 Å². The van der Waals surface area contributed by atoms with Gasteiger partial charge in [-0.25, -0.2) is 4.39 Å². The Balaban J connectivity index is 0.00000192. The van der Waals surface area contributed by atoms with E-state index in [0.717, 1.165) is 22.1 Å². The van der Waals surface area contributed by atoms with Crippen molar-refractivity contribution in [3.8, 4) is 0 Å². The summed E-state index contributed by atoms with van der Waals surface area (Å²) in [5, 5.41) is 0.835. The van der Waals surface area contributed by atoms with Crippen LogP contribution in [-0.2, 0) is 0 Å². The molecule has 1 aromatic heterocycles. The fourth-order valence-corrected chi connectivity index (χ4v) is 4.25. The number of hydrogen-bond donors (Lipinski definition) is 1. The highest BCUT2D eigenvalue weighted by atomic mass is 35.5. The zero-order valence-corrected chi connectivity index (χ0v) is 15.2. The first-order valence-electron chi connectivity index (χ1n) is 7.53. The first kappa shape index (κ1) is 18.2. The predicted molar refractivity (Wildman–Crippen MR) is 96.0 cm³/mol. The summed E-state index contributed by atoms with van der Waals surface area (Å²) in [6.07, 6.45) is 0.817. The molecule has 6 heteroatoms. The molecule has 0 bridgehead atoms. The van der Waals surface area contributed by atoms with Gasteiger partial charge in [-0.3, -0.25) is 4.79 Å². The van der Waals surface area contributed by atoms with Crippen LogP contribution in [-0.4, -0.2) is 29.9 Å². The van der Waals surface area contributed by atoms with E-state index in [9.17, 15) is 9.18 Å². The smallest absolute Gasteiger partial charge is 0.264 e. The lowest BCUT2D eigenvalue weighted by Gasteiger charge is -2.42. The van der Waals surface area contributed by atoms with Gasteiger partial charge in [0.25, 0.3) is 5.91 Å². The number of thiophene rings is 1. The van der Waals surface area contributed by atoms with Crippen molar-refractivity contribution in [2.24, 2.45) is 11.1 Å². The van der Waals surface area contributed by atoms with Gasteiger partial charge in [-0.15, -0.1) is 23.7 Å². The molecule has 1 saturated heterocycles. The summed E-state index contributed by atoms with van der Waals surface area (Å²) in [7, 11) is 0. The predicted octanol–water partition coefficient (Wildman–Crippen LogP) is 3.97. The molecular weight excluding hydrogens is 335 g/mol. The Morgan fingerprint density at radius 3 is 2.78 bits per heavy atom. The molecule has 23 heavy (non-hydrogen) atoms. The average Bonchev–Trinajstić information content (AvgIpc) is 2.78. The van der Waals surface area contributed by atoms with Crippen molar-refractivity contribution in [3.63, 3.8) is 0 Å². The summed E-state index contributed by atoms with van der Waals surface area (Å²) < 4.78 is 14.4. The highest BCUT2D eigenvalue weighted by Gasteiger charge is 2.36. The second kappa shape index (κ2) is 6.38. The van der Waals surface area contributed by atoms with Gasteiger partial charge in [-0.2, -0.15) is 0 Å². The largest absolute Gasteiger partial charge is 0.337 e. The number of carbonyl (C=O) groups excluding carboxylic acids is 1. The van der Waals surface area contributed by atoms with Crippen molar-refractivity contribution >= 4 is 39.7 Å². The standard InChI is InChI=1S/C17H21FN2OS.ClH/c1-10-12-8-11(18)4-5-13(12)22-15(10)16(21)20-7-6-14(19)17(2,3)9-20;/h4-5,8,14H,6-7,9,19H2,1-3H3;1H. The number of piperidine rings is 1. The number of nitrogens with zero attached hydrogens (tertiary/aromatic N) is 1.